The summed E-state index contributed by atoms with van der Waals surface area (Å²) in [6.45, 7) is 1.81. The molecule has 9 nitrogen and oxygen atoms in total. The van der Waals surface area contributed by atoms with Crippen molar-refractivity contribution in [1.29, 1.82) is 0 Å². The highest BCUT2D eigenvalue weighted by atomic mass is 16.3. The van der Waals surface area contributed by atoms with E-state index in [1.807, 2.05) is 30.3 Å². The first-order chi connectivity index (χ1) is 14.7. The number of hydrogen-bond donors (Lipinski definition) is 3. The van der Waals surface area contributed by atoms with Crippen LogP contribution in [0.25, 0.3) is 0 Å². The molecule has 3 heterocycles. The molecule has 0 radical (unpaired) electrons. The molecule has 3 N–H and O–H groups in total. The highest BCUT2D eigenvalue weighted by Gasteiger charge is 2.24. The number of nitrogens with one attached hydrogen (secondary N) is 3. The molecule has 2 amide bonds. The third-order valence-electron chi connectivity index (χ3n) is 5.00. The molecular formula is C21H24N6O3. The summed E-state index contributed by atoms with van der Waals surface area (Å²) in [6.07, 6.45) is 5.16. The standard InChI is InChI=1S/C21H24N6O3/c28-18(23-20-24-21(26-25-20)27-11-5-2-6-12-27)16(14-15-8-3-1-4-9-15)22-19(29)17-10-7-13-30-17/h1,3-4,7-10,13,16H,2,5-6,11-12,14H2,(H,22,29)(H2,23,24,25,26,28). The number of rotatable bonds is 7. The van der Waals surface area contributed by atoms with Crippen molar-refractivity contribution in [3.05, 3.63) is 60.1 Å². The molecule has 4 rings (SSSR count). The van der Waals surface area contributed by atoms with E-state index in [0.29, 0.717) is 12.4 Å². The molecule has 0 aliphatic carbocycles. The van der Waals surface area contributed by atoms with Gasteiger partial charge in [-0.05, 0) is 37.0 Å². The molecule has 0 spiro atoms. The number of benzene rings is 1. The van der Waals surface area contributed by atoms with Crippen molar-refractivity contribution in [2.75, 3.05) is 23.3 Å². The Bertz CT molecular complexity index is 964. The maximum atomic E-state index is 12.9. The lowest BCUT2D eigenvalue weighted by Gasteiger charge is -2.24. The van der Waals surface area contributed by atoms with Crippen molar-refractivity contribution in [2.45, 2.75) is 31.7 Å². The first-order valence-corrected chi connectivity index (χ1v) is 10.1. The average Bonchev–Trinajstić information content (AvgIpc) is 3.47. The number of carbonyl (C=O) groups is 2. The van der Waals surface area contributed by atoms with Crippen molar-refractivity contribution in [3.8, 4) is 0 Å². The Labute approximate surface area is 173 Å². The summed E-state index contributed by atoms with van der Waals surface area (Å²) < 4.78 is 5.14. The van der Waals surface area contributed by atoms with Crippen LogP contribution in [0.4, 0.5) is 11.9 Å². The summed E-state index contributed by atoms with van der Waals surface area (Å²) in [5, 5.41) is 12.5. The minimum atomic E-state index is -0.812. The van der Waals surface area contributed by atoms with E-state index in [1.54, 1.807) is 12.1 Å². The topological polar surface area (TPSA) is 116 Å². The second-order valence-electron chi connectivity index (χ2n) is 7.21. The SMILES string of the molecule is O=C(NC(Cc1ccccc1)C(=O)Nc1nc(N2CCCCC2)n[nH]1)c1ccco1. The lowest BCUT2D eigenvalue weighted by atomic mass is 10.1. The van der Waals surface area contributed by atoms with E-state index in [0.717, 1.165) is 31.5 Å². The molecule has 0 bridgehead atoms. The van der Waals surface area contributed by atoms with Gasteiger partial charge < -0.3 is 14.6 Å². The van der Waals surface area contributed by atoms with Gasteiger partial charge in [-0.1, -0.05) is 30.3 Å². The summed E-state index contributed by atoms with van der Waals surface area (Å²) in [6, 6.07) is 11.8. The number of nitrogens with zero attached hydrogens (tertiary/aromatic N) is 3. The van der Waals surface area contributed by atoms with Gasteiger partial charge in [0, 0.05) is 19.5 Å². The number of furan rings is 1. The van der Waals surface area contributed by atoms with Gasteiger partial charge in [-0.25, -0.2) is 5.10 Å². The fraction of sp³-hybridized carbons (Fsp3) is 0.333. The van der Waals surface area contributed by atoms with E-state index in [1.165, 1.54) is 12.7 Å². The Hall–Kier alpha value is -3.62. The van der Waals surface area contributed by atoms with Gasteiger partial charge >= 0.3 is 0 Å². The molecule has 9 heteroatoms. The fourth-order valence-electron chi connectivity index (χ4n) is 3.44. The first kappa shape index (κ1) is 19.7. The van der Waals surface area contributed by atoms with Gasteiger partial charge in [0.25, 0.3) is 5.91 Å². The van der Waals surface area contributed by atoms with Gasteiger partial charge in [0.1, 0.15) is 6.04 Å². The van der Waals surface area contributed by atoms with Crippen molar-refractivity contribution in [2.24, 2.45) is 0 Å². The van der Waals surface area contributed by atoms with Gasteiger partial charge in [0.2, 0.25) is 17.8 Å². The van der Waals surface area contributed by atoms with E-state index in [9.17, 15) is 9.59 Å². The Morgan fingerprint density at radius 1 is 1.10 bits per heavy atom. The summed E-state index contributed by atoms with van der Waals surface area (Å²) in [5.74, 6) is 0.130. The molecule has 1 unspecified atom stereocenters. The highest BCUT2D eigenvalue weighted by molar-refractivity contribution is 5.99. The van der Waals surface area contributed by atoms with Gasteiger partial charge in [-0.15, -0.1) is 5.10 Å². The molecule has 3 aromatic rings. The second-order valence-corrected chi connectivity index (χ2v) is 7.21. The van der Waals surface area contributed by atoms with Crippen LogP contribution in [-0.2, 0) is 11.2 Å². The molecule has 0 saturated carbocycles. The predicted octanol–water partition coefficient (Wildman–Crippen LogP) is 2.37. The maximum Gasteiger partial charge on any atom is 0.287 e. The number of carbonyl (C=O) groups excluding carboxylic acids is 2. The lowest BCUT2D eigenvalue weighted by molar-refractivity contribution is -0.118. The number of anilines is 2. The van der Waals surface area contributed by atoms with Crippen molar-refractivity contribution < 1.29 is 14.0 Å². The smallest absolute Gasteiger partial charge is 0.287 e. The summed E-state index contributed by atoms with van der Waals surface area (Å²) in [4.78, 5) is 31.9. The van der Waals surface area contributed by atoms with Crippen molar-refractivity contribution >= 4 is 23.7 Å². The number of H-pyrrole nitrogens is 1. The Balaban J connectivity index is 1.45. The predicted molar refractivity (Wildman–Crippen MR) is 111 cm³/mol. The minimum Gasteiger partial charge on any atom is -0.459 e. The maximum absolute atomic E-state index is 12.9. The van der Waals surface area contributed by atoms with Crippen molar-refractivity contribution in [3.63, 3.8) is 0 Å². The number of aromatic nitrogens is 3. The third kappa shape index (κ3) is 4.86. The van der Waals surface area contributed by atoms with Crippen LogP contribution in [-0.4, -0.2) is 46.1 Å². The average molecular weight is 408 g/mol. The molecule has 1 saturated heterocycles. The number of hydrogen-bond acceptors (Lipinski definition) is 6. The molecule has 1 aliphatic heterocycles. The van der Waals surface area contributed by atoms with Crippen LogP contribution in [0.5, 0.6) is 0 Å². The molecule has 1 aliphatic rings. The van der Waals surface area contributed by atoms with Crippen molar-refractivity contribution in [1.82, 2.24) is 20.5 Å². The van der Waals surface area contributed by atoms with Crippen LogP contribution in [0.2, 0.25) is 0 Å². The highest BCUT2D eigenvalue weighted by Crippen LogP contribution is 2.16. The molecule has 2 aromatic heterocycles. The van der Waals surface area contributed by atoms with E-state index in [4.69, 9.17) is 4.42 Å². The van der Waals surface area contributed by atoms with Gasteiger partial charge in [0.05, 0.1) is 6.26 Å². The molecular weight excluding hydrogens is 384 g/mol. The zero-order valence-electron chi connectivity index (χ0n) is 16.5. The molecule has 1 atom stereocenters. The lowest BCUT2D eigenvalue weighted by Crippen LogP contribution is -2.45. The fourth-order valence-corrected chi connectivity index (χ4v) is 3.44. The largest absolute Gasteiger partial charge is 0.459 e. The van der Waals surface area contributed by atoms with E-state index >= 15 is 0 Å². The first-order valence-electron chi connectivity index (χ1n) is 10.1. The number of piperidine rings is 1. The molecule has 156 valence electrons. The van der Waals surface area contributed by atoms with E-state index in [2.05, 4.69) is 30.7 Å². The van der Waals surface area contributed by atoms with Gasteiger partial charge in [-0.2, -0.15) is 4.98 Å². The van der Waals surface area contributed by atoms with Crippen LogP contribution in [0.15, 0.2) is 53.1 Å². The minimum absolute atomic E-state index is 0.146. The molecule has 1 fully saturated rings. The summed E-state index contributed by atoms with van der Waals surface area (Å²) in [5.41, 5.74) is 0.920. The van der Waals surface area contributed by atoms with E-state index in [-0.39, 0.29) is 17.6 Å². The van der Waals surface area contributed by atoms with Crippen LogP contribution in [0, 0.1) is 0 Å². The number of aromatic amines is 1. The quantitative estimate of drug-likeness (QED) is 0.553. The van der Waals surface area contributed by atoms with Crippen LogP contribution < -0.4 is 15.5 Å². The third-order valence-corrected chi connectivity index (χ3v) is 5.00. The summed E-state index contributed by atoms with van der Waals surface area (Å²) >= 11 is 0. The van der Waals surface area contributed by atoms with Crippen LogP contribution >= 0.6 is 0 Å². The zero-order valence-corrected chi connectivity index (χ0v) is 16.5. The molecule has 1 aromatic carbocycles. The molecule has 30 heavy (non-hydrogen) atoms. The van der Waals surface area contributed by atoms with E-state index < -0.39 is 11.9 Å². The monoisotopic (exact) mass is 408 g/mol. The Morgan fingerprint density at radius 3 is 2.63 bits per heavy atom. The van der Waals surface area contributed by atoms with Crippen LogP contribution in [0.1, 0.15) is 35.4 Å². The number of amides is 2. The Morgan fingerprint density at radius 2 is 1.90 bits per heavy atom. The van der Waals surface area contributed by atoms with Gasteiger partial charge in [0.15, 0.2) is 5.76 Å². The van der Waals surface area contributed by atoms with Gasteiger partial charge in [-0.3, -0.25) is 14.9 Å². The summed E-state index contributed by atoms with van der Waals surface area (Å²) in [7, 11) is 0. The Kier molecular flexibility index (Phi) is 6.07. The van der Waals surface area contributed by atoms with Crippen LogP contribution in [0.3, 0.4) is 0 Å². The normalized spacial score (nSPS) is 14.9. The zero-order chi connectivity index (χ0) is 20.8. The second kappa shape index (κ2) is 9.25.